The second-order valence-corrected chi connectivity index (χ2v) is 3.28. The van der Waals surface area contributed by atoms with Crippen LogP contribution in [0.25, 0.3) is 16.7 Å². The third kappa shape index (κ3) is 1.93. The summed E-state index contributed by atoms with van der Waals surface area (Å²) in [5.74, 6) is 0.763. The fourth-order valence-corrected chi connectivity index (χ4v) is 1.51. The summed E-state index contributed by atoms with van der Waals surface area (Å²) < 4.78 is 0. The van der Waals surface area contributed by atoms with Gasteiger partial charge in [-0.3, -0.25) is 4.99 Å². The molecular formula is C13H13N3. The molecule has 80 valence electrons. The molecule has 0 fully saturated rings. The maximum absolute atomic E-state index is 4.46. The van der Waals surface area contributed by atoms with Gasteiger partial charge >= 0.3 is 0 Å². The average molecular weight is 211 g/mol. The maximum atomic E-state index is 4.46. The quantitative estimate of drug-likeness (QED) is 0.614. The first kappa shape index (κ1) is 10.4. The van der Waals surface area contributed by atoms with Gasteiger partial charge in [0.05, 0.1) is 11.0 Å². The van der Waals surface area contributed by atoms with Gasteiger partial charge in [-0.1, -0.05) is 24.8 Å². The van der Waals surface area contributed by atoms with E-state index >= 15 is 0 Å². The Hall–Kier alpha value is -2.16. The molecule has 1 heterocycles. The molecule has 1 aromatic carbocycles. The summed E-state index contributed by atoms with van der Waals surface area (Å²) in [6, 6.07) is 7.90. The first-order valence-electron chi connectivity index (χ1n) is 5.11. The molecule has 1 aromatic heterocycles. The predicted octanol–water partition coefficient (Wildman–Crippen LogP) is 3.18. The molecule has 2 aromatic rings. The Morgan fingerprint density at radius 1 is 1.44 bits per heavy atom. The van der Waals surface area contributed by atoms with Crippen LogP contribution in [-0.4, -0.2) is 16.2 Å². The van der Waals surface area contributed by atoms with Gasteiger partial charge in [0.2, 0.25) is 0 Å². The number of aromatic amines is 1. The van der Waals surface area contributed by atoms with Crippen LogP contribution in [0, 0.1) is 0 Å². The van der Waals surface area contributed by atoms with Crippen LogP contribution in [-0.2, 0) is 0 Å². The molecule has 0 aliphatic rings. The molecule has 0 aliphatic carbocycles. The highest BCUT2D eigenvalue weighted by atomic mass is 15.0. The minimum atomic E-state index is 0.763. The molecule has 0 unspecified atom stereocenters. The lowest BCUT2D eigenvalue weighted by atomic mass is 10.3. The van der Waals surface area contributed by atoms with Crippen molar-refractivity contribution in [2.24, 2.45) is 4.99 Å². The zero-order chi connectivity index (χ0) is 11.4. The summed E-state index contributed by atoms with van der Waals surface area (Å²) in [7, 11) is 0. The van der Waals surface area contributed by atoms with Crippen molar-refractivity contribution in [2.45, 2.75) is 6.92 Å². The topological polar surface area (TPSA) is 41.0 Å². The number of aromatic nitrogens is 2. The van der Waals surface area contributed by atoms with Crippen LogP contribution < -0.4 is 0 Å². The van der Waals surface area contributed by atoms with Gasteiger partial charge in [0, 0.05) is 6.21 Å². The highest BCUT2D eigenvalue weighted by Crippen LogP contribution is 2.17. The lowest BCUT2D eigenvalue weighted by Crippen LogP contribution is -1.84. The number of H-pyrrole nitrogens is 1. The molecule has 2 rings (SSSR count). The second kappa shape index (κ2) is 4.57. The lowest BCUT2D eigenvalue weighted by molar-refractivity contribution is 1.24. The lowest BCUT2D eigenvalue weighted by Gasteiger charge is -1.93. The summed E-state index contributed by atoms with van der Waals surface area (Å²) in [5.41, 5.74) is 2.74. The number of nitrogens with one attached hydrogen (secondary N) is 1. The highest BCUT2D eigenvalue weighted by molar-refractivity contribution is 5.80. The normalized spacial score (nSPS) is 12.4. The van der Waals surface area contributed by atoms with Crippen LogP contribution in [0.1, 0.15) is 12.7 Å². The first-order valence-corrected chi connectivity index (χ1v) is 5.11. The minimum absolute atomic E-state index is 0.763. The van der Waals surface area contributed by atoms with Crippen molar-refractivity contribution in [1.29, 1.82) is 0 Å². The Morgan fingerprint density at radius 3 is 2.94 bits per heavy atom. The fraction of sp³-hybridized carbons (Fsp3) is 0.0769. The molecule has 0 amide bonds. The van der Waals surface area contributed by atoms with Gasteiger partial charge in [-0.2, -0.15) is 0 Å². The van der Waals surface area contributed by atoms with E-state index in [0.29, 0.717) is 0 Å². The molecule has 0 aliphatic heterocycles. The Balaban J connectivity index is 2.53. The van der Waals surface area contributed by atoms with E-state index in [1.807, 2.05) is 37.3 Å². The van der Waals surface area contributed by atoms with Crippen molar-refractivity contribution in [2.75, 3.05) is 0 Å². The summed E-state index contributed by atoms with van der Waals surface area (Å²) in [6.45, 7) is 5.54. The monoisotopic (exact) mass is 211 g/mol. The Kier molecular flexibility index (Phi) is 2.96. The van der Waals surface area contributed by atoms with Gasteiger partial charge in [0.1, 0.15) is 5.70 Å². The van der Waals surface area contributed by atoms with Crippen LogP contribution in [0.5, 0.6) is 0 Å². The van der Waals surface area contributed by atoms with Gasteiger partial charge in [-0.25, -0.2) is 4.98 Å². The Morgan fingerprint density at radius 2 is 2.25 bits per heavy atom. The number of allylic oxidation sites excluding steroid dienone is 2. The average Bonchev–Trinajstić information content (AvgIpc) is 2.72. The van der Waals surface area contributed by atoms with Crippen molar-refractivity contribution in [3.8, 4) is 0 Å². The molecule has 3 heteroatoms. The molecule has 1 N–H and O–H groups in total. The van der Waals surface area contributed by atoms with E-state index in [2.05, 4.69) is 21.5 Å². The van der Waals surface area contributed by atoms with Gasteiger partial charge in [0.25, 0.3) is 0 Å². The molecule has 0 saturated heterocycles. The Bertz CT molecular complexity index is 528. The molecular weight excluding hydrogens is 198 g/mol. The van der Waals surface area contributed by atoms with Crippen LogP contribution in [0.3, 0.4) is 0 Å². The predicted molar refractivity (Wildman–Crippen MR) is 68.4 cm³/mol. The number of imidazole rings is 1. The van der Waals surface area contributed by atoms with E-state index in [1.165, 1.54) is 0 Å². The van der Waals surface area contributed by atoms with Crippen LogP contribution in [0.15, 0.2) is 48.0 Å². The van der Waals surface area contributed by atoms with Crippen molar-refractivity contribution < 1.29 is 0 Å². The highest BCUT2D eigenvalue weighted by Gasteiger charge is 2.04. The van der Waals surface area contributed by atoms with Gasteiger partial charge < -0.3 is 4.98 Å². The number of hydrogen-bond donors (Lipinski definition) is 1. The van der Waals surface area contributed by atoms with Gasteiger partial charge in [-0.05, 0) is 25.1 Å². The van der Waals surface area contributed by atoms with Crippen molar-refractivity contribution in [3.05, 3.63) is 48.8 Å². The van der Waals surface area contributed by atoms with Gasteiger partial charge in [-0.15, -0.1) is 0 Å². The molecule has 0 saturated carbocycles. The number of benzene rings is 1. The molecule has 3 nitrogen and oxygen atoms in total. The van der Waals surface area contributed by atoms with E-state index in [0.717, 1.165) is 22.6 Å². The molecule has 0 radical (unpaired) electrons. The SMILES string of the molecule is C=C/C=C(\N=CC)c1nc2ccccc2[nH]1. The van der Waals surface area contributed by atoms with E-state index in [9.17, 15) is 0 Å². The van der Waals surface area contributed by atoms with Crippen LogP contribution >= 0.6 is 0 Å². The van der Waals surface area contributed by atoms with Crippen LogP contribution in [0.4, 0.5) is 0 Å². The zero-order valence-corrected chi connectivity index (χ0v) is 9.14. The smallest absolute Gasteiger partial charge is 0.157 e. The fourth-order valence-electron chi connectivity index (χ4n) is 1.51. The molecule has 0 spiro atoms. The standard InChI is InChI=1S/C13H13N3/c1-3-7-12(14-4-2)13-15-10-8-5-6-9-11(10)16-13/h3-9H,1H2,2H3,(H,15,16)/b12-7-,14-4?. The molecule has 0 atom stereocenters. The zero-order valence-electron chi connectivity index (χ0n) is 9.14. The van der Waals surface area contributed by atoms with E-state index < -0.39 is 0 Å². The summed E-state index contributed by atoms with van der Waals surface area (Å²) in [6.07, 6.45) is 5.27. The third-order valence-corrected chi connectivity index (χ3v) is 2.18. The largest absolute Gasteiger partial charge is 0.337 e. The Labute approximate surface area is 94.2 Å². The summed E-state index contributed by atoms with van der Waals surface area (Å²) >= 11 is 0. The van der Waals surface area contributed by atoms with Crippen LogP contribution in [0.2, 0.25) is 0 Å². The van der Waals surface area contributed by atoms with Gasteiger partial charge in [0.15, 0.2) is 5.82 Å². The number of nitrogens with zero attached hydrogens (tertiary/aromatic N) is 2. The van der Waals surface area contributed by atoms with E-state index in [1.54, 1.807) is 12.3 Å². The minimum Gasteiger partial charge on any atom is -0.337 e. The summed E-state index contributed by atoms with van der Waals surface area (Å²) in [5, 5.41) is 0. The van der Waals surface area contributed by atoms with Crippen molar-refractivity contribution >= 4 is 22.9 Å². The number of para-hydroxylation sites is 2. The molecule has 0 bridgehead atoms. The summed E-state index contributed by atoms with van der Waals surface area (Å²) in [4.78, 5) is 11.9. The van der Waals surface area contributed by atoms with E-state index in [4.69, 9.17) is 0 Å². The number of hydrogen-bond acceptors (Lipinski definition) is 2. The van der Waals surface area contributed by atoms with E-state index in [-0.39, 0.29) is 0 Å². The first-order chi connectivity index (χ1) is 7.85. The van der Waals surface area contributed by atoms with Crippen molar-refractivity contribution in [3.63, 3.8) is 0 Å². The number of rotatable bonds is 3. The van der Waals surface area contributed by atoms with Crippen molar-refractivity contribution in [1.82, 2.24) is 9.97 Å². The number of aliphatic imine (C=N–C) groups is 1. The maximum Gasteiger partial charge on any atom is 0.157 e. The molecule has 16 heavy (non-hydrogen) atoms. The second-order valence-electron chi connectivity index (χ2n) is 3.28. The third-order valence-electron chi connectivity index (χ3n) is 2.18. The number of fused-ring (bicyclic) bond motifs is 1.